The molecule has 3 nitrogen and oxygen atoms in total. The third kappa shape index (κ3) is 2.41. The summed E-state index contributed by atoms with van der Waals surface area (Å²) in [5, 5.41) is 5.38. The molecule has 104 valence electrons. The molecule has 1 heterocycles. The van der Waals surface area contributed by atoms with Crippen LogP contribution in [0.25, 0.3) is 10.8 Å². The van der Waals surface area contributed by atoms with Crippen molar-refractivity contribution in [3.05, 3.63) is 48.0 Å². The molecule has 2 aromatic carbocycles. The second-order valence-corrected chi connectivity index (χ2v) is 5.49. The van der Waals surface area contributed by atoms with E-state index in [1.165, 1.54) is 0 Å². The van der Waals surface area contributed by atoms with Gasteiger partial charge in [-0.2, -0.15) is 0 Å². The highest BCUT2D eigenvalue weighted by atomic mass is 16.2. The van der Waals surface area contributed by atoms with Gasteiger partial charge in [0.2, 0.25) is 0 Å². The predicted octanol–water partition coefficient (Wildman–Crippen LogP) is 2.52. The number of likely N-dealkylation sites (tertiary alicyclic amines) is 1. The van der Waals surface area contributed by atoms with Crippen molar-refractivity contribution in [2.75, 3.05) is 26.7 Å². The fraction of sp³-hybridized carbons (Fsp3) is 0.353. The number of rotatable bonds is 3. The maximum atomic E-state index is 12.7. The zero-order chi connectivity index (χ0) is 13.9. The average molecular weight is 268 g/mol. The molecule has 1 atom stereocenters. The molecule has 1 fully saturated rings. The number of amides is 1. The number of fused-ring (bicyclic) bond motifs is 1. The summed E-state index contributed by atoms with van der Waals surface area (Å²) in [6.07, 6.45) is 1.09. The molecule has 3 heteroatoms. The van der Waals surface area contributed by atoms with Crippen LogP contribution in [0.5, 0.6) is 0 Å². The molecular formula is C17H20N2O. The van der Waals surface area contributed by atoms with Crippen LogP contribution in [0.4, 0.5) is 0 Å². The zero-order valence-corrected chi connectivity index (χ0v) is 11.8. The first kappa shape index (κ1) is 13.1. The molecule has 1 unspecified atom stereocenters. The van der Waals surface area contributed by atoms with Gasteiger partial charge in [0.05, 0.1) is 0 Å². The molecule has 0 aliphatic carbocycles. The van der Waals surface area contributed by atoms with Crippen LogP contribution in [-0.2, 0) is 0 Å². The highest BCUT2D eigenvalue weighted by molar-refractivity contribution is 6.07. The molecule has 20 heavy (non-hydrogen) atoms. The second-order valence-electron chi connectivity index (χ2n) is 5.49. The van der Waals surface area contributed by atoms with Gasteiger partial charge in [0.1, 0.15) is 0 Å². The van der Waals surface area contributed by atoms with E-state index in [-0.39, 0.29) is 5.91 Å². The van der Waals surface area contributed by atoms with Gasteiger partial charge in [0, 0.05) is 18.7 Å². The fourth-order valence-electron chi connectivity index (χ4n) is 3.05. The van der Waals surface area contributed by atoms with Gasteiger partial charge in [0.25, 0.3) is 5.91 Å². The van der Waals surface area contributed by atoms with Gasteiger partial charge in [-0.3, -0.25) is 4.79 Å². The summed E-state index contributed by atoms with van der Waals surface area (Å²) in [7, 11) is 1.97. The van der Waals surface area contributed by atoms with Gasteiger partial charge >= 0.3 is 0 Å². The first-order chi connectivity index (χ1) is 9.79. The zero-order valence-electron chi connectivity index (χ0n) is 11.8. The number of carbonyl (C=O) groups excluding carboxylic acids is 1. The Labute approximate surface area is 119 Å². The molecular weight excluding hydrogens is 248 g/mol. The summed E-state index contributed by atoms with van der Waals surface area (Å²) in [6.45, 7) is 2.72. The lowest BCUT2D eigenvalue weighted by molar-refractivity contribution is 0.0789. The second kappa shape index (κ2) is 5.63. The lowest BCUT2D eigenvalue weighted by Gasteiger charge is -2.17. The normalized spacial score (nSPS) is 18.6. The standard InChI is InChI=1S/C17H20N2O/c1-18-11-13-9-10-19(12-13)17(20)16-8-4-6-14-5-2-3-7-15(14)16/h2-8,13,18H,9-12H2,1H3. The van der Waals surface area contributed by atoms with Gasteiger partial charge in [-0.1, -0.05) is 36.4 Å². The highest BCUT2D eigenvalue weighted by Crippen LogP contribution is 2.23. The van der Waals surface area contributed by atoms with Crippen molar-refractivity contribution in [2.24, 2.45) is 5.92 Å². The number of hydrogen-bond acceptors (Lipinski definition) is 2. The van der Waals surface area contributed by atoms with Crippen LogP contribution in [-0.4, -0.2) is 37.5 Å². The summed E-state index contributed by atoms with van der Waals surface area (Å²) >= 11 is 0. The van der Waals surface area contributed by atoms with E-state index < -0.39 is 0 Å². The number of hydrogen-bond donors (Lipinski definition) is 1. The summed E-state index contributed by atoms with van der Waals surface area (Å²) in [5.74, 6) is 0.749. The Kier molecular flexibility index (Phi) is 3.70. The molecule has 1 aliphatic rings. The summed E-state index contributed by atoms with van der Waals surface area (Å²) in [4.78, 5) is 14.7. The number of nitrogens with one attached hydrogen (secondary N) is 1. The van der Waals surface area contributed by atoms with E-state index in [1.54, 1.807) is 0 Å². The average Bonchev–Trinajstić information content (AvgIpc) is 2.95. The minimum absolute atomic E-state index is 0.167. The summed E-state index contributed by atoms with van der Waals surface area (Å²) < 4.78 is 0. The van der Waals surface area contributed by atoms with Gasteiger partial charge in [-0.15, -0.1) is 0 Å². The Balaban J connectivity index is 1.86. The van der Waals surface area contributed by atoms with Crippen LogP contribution in [0.15, 0.2) is 42.5 Å². The SMILES string of the molecule is CNCC1CCN(C(=O)c2cccc3ccccc23)C1. The molecule has 0 spiro atoms. The van der Waals surface area contributed by atoms with Crippen molar-refractivity contribution < 1.29 is 4.79 Å². The van der Waals surface area contributed by atoms with Gasteiger partial charge < -0.3 is 10.2 Å². The fourth-order valence-corrected chi connectivity index (χ4v) is 3.05. The lowest BCUT2D eigenvalue weighted by atomic mass is 10.0. The predicted molar refractivity (Wildman–Crippen MR) is 81.9 cm³/mol. The van der Waals surface area contributed by atoms with Gasteiger partial charge in [-0.05, 0) is 42.8 Å². The van der Waals surface area contributed by atoms with Crippen molar-refractivity contribution in [1.82, 2.24) is 10.2 Å². The Hall–Kier alpha value is -1.87. The molecule has 0 bridgehead atoms. The topological polar surface area (TPSA) is 32.3 Å². The molecule has 2 aromatic rings. The van der Waals surface area contributed by atoms with E-state index in [0.717, 1.165) is 42.4 Å². The van der Waals surface area contributed by atoms with Crippen molar-refractivity contribution in [1.29, 1.82) is 0 Å². The van der Waals surface area contributed by atoms with Gasteiger partial charge in [-0.25, -0.2) is 0 Å². The van der Waals surface area contributed by atoms with Crippen LogP contribution in [0.2, 0.25) is 0 Å². The minimum Gasteiger partial charge on any atom is -0.338 e. The molecule has 1 aliphatic heterocycles. The van der Waals surface area contributed by atoms with E-state index >= 15 is 0 Å². The third-order valence-corrected chi connectivity index (χ3v) is 4.09. The van der Waals surface area contributed by atoms with Crippen molar-refractivity contribution >= 4 is 16.7 Å². The molecule has 1 saturated heterocycles. The first-order valence-electron chi connectivity index (χ1n) is 7.21. The van der Waals surface area contributed by atoms with Crippen molar-refractivity contribution in [3.8, 4) is 0 Å². The Morgan fingerprint density at radius 3 is 2.90 bits per heavy atom. The summed E-state index contributed by atoms with van der Waals surface area (Å²) in [5.41, 5.74) is 0.827. The van der Waals surface area contributed by atoms with Crippen LogP contribution in [0.3, 0.4) is 0 Å². The molecule has 0 aromatic heterocycles. The Morgan fingerprint density at radius 2 is 2.05 bits per heavy atom. The van der Waals surface area contributed by atoms with Crippen molar-refractivity contribution in [2.45, 2.75) is 6.42 Å². The maximum absolute atomic E-state index is 12.7. The van der Waals surface area contributed by atoms with Crippen LogP contribution in [0.1, 0.15) is 16.8 Å². The smallest absolute Gasteiger partial charge is 0.254 e. The van der Waals surface area contributed by atoms with Crippen molar-refractivity contribution in [3.63, 3.8) is 0 Å². The van der Waals surface area contributed by atoms with E-state index in [0.29, 0.717) is 5.92 Å². The third-order valence-electron chi connectivity index (χ3n) is 4.09. The summed E-state index contributed by atoms with van der Waals surface area (Å²) in [6, 6.07) is 14.1. The maximum Gasteiger partial charge on any atom is 0.254 e. The molecule has 3 rings (SSSR count). The molecule has 0 saturated carbocycles. The van der Waals surface area contributed by atoms with Crippen LogP contribution in [0, 0.1) is 5.92 Å². The lowest BCUT2D eigenvalue weighted by Crippen LogP contribution is -2.30. The van der Waals surface area contributed by atoms with E-state index in [1.807, 2.05) is 42.3 Å². The Bertz CT molecular complexity index is 618. The molecule has 1 N–H and O–H groups in total. The Morgan fingerprint density at radius 1 is 1.25 bits per heavy atom. The van der Waals surface area contributed by atoms with Gasteiger partial charge in [0.15, 0.2) is 0 Å². The monoisotopic (exact) mass is 268 g/mol. The number of benzene rings is 2. The highest BCUT2D eigenvalue weighted by Gasteiger charge is 2.27. The number of carbonyl (C=O) groups is 1. The van der Waals surface area contributed by atoms with E-state index in [2.05, 4.69) is 17.4 Å². The van der Waals surface area contributed by atoms with E-state index in [9.17, 15) is 4.79 Å². The molecule has 0 radical (unpaired) electrons. The molecule has 1 amide bonds. The number of nitrogens with zero attached hydrogens (tertiary/aromatic N) is 1. The first-order valence-corrected chi connectivity index (χ1v) is 7.21. The quantitative estimate of drug-likeness (QED) is 0.927. The van der Waals surface area contributed by atoms with Crippen LogP contribution >= 0.6 is 0 Å². The van der Waals surface area contributed by atoms with Crippen LogP contribution < -0.4 is 5.32 Å². The minimum atomic E-state index is 0.167. The largest absolute Gasteiger partial charge is 0.338 e. The van der Waals surface area contributed by atoms with E-state index in [4.69, 9.17) is 0 Å².